The summed E-state index contributed by atoms with van der Waals surface area (Å²) in [6.45, 7) is 2.31. The van der Waals surface area contributed by atoms with Crippen molar-refractivity contribution >= 4 is 28.3 Å². The van der Waals surface area contributed by atoms with Gasteiger partial charge in [0.2, 0.25) is 10.0 Å². The number of nitrogens with one attached hydrogen (secondary N) is 2. The molecule has 8 nitrogen and oxygen atoms in total. The lowest BCUT2D eigenvalue weighted by Gasteiger charge is -2.26. The third-order valence-electron chi connectivity index (χ3n) is 3.69. The molecule has 1 aromatic carbocycles. The number of benzene rings is 1. The molecule has 1 aliphatic rings. The van der Waals surface area contributed by atoms with E-state index in [1.807, 2.05) is 0 Å². The zero-order chi connectivity index (χ0) is 17.6. The minimum atomic E-state index is -3.53. The van der Waals surface area contributed by atoms with Crippen LogP contribution in [0, 0.1) is 0 Å². The topological polar surface area (TPSA) is 108 Å². The van der Waals surface area contributed by atoms with Gasteiger partial charge in [-0.25, -0.2) is 8.42 Å². The maximum Gasteiger partial charge on any atom is 0.251 e. The van der Waals surface area contributed by atoms with Crippen molar-refractivity contribution in [2.75, 3.05) is 46.4 Å². The van der Waals surface area contributed by atoms with Gasteiger partial charge in [-0.3, -0.25) is 4.79 Å². The molecule has 1 aromatic rings. The Kier molecular flexibility index (Phi) is 8.77. The van der Waals surface area contributed by atoms with Crippen molar-refractivity contribution in [2.24, 2.45) is 0 Å². The molecule has 25 heavy (non-hydrogen) atoms. The lowest BCUT2D eigenvalue weighted by atomic mass is 10.2. The number of nitrogens with zero attached hydrogens (tertiary/aromatic N) is 1. The van der Waals surface area contributed by atoms with E-state index >= 15 is 0 Å². The predicted octanol–water partition coefficient (Wildman–Crippen LogP) is -0.561. The molecule has 0 saturated carbocycles. The molecule has 3 N–H and O–H groups in total. The van der Waals surface area contributed by atoms with E-state index in [9.17, 15) is 18.3 Å². The van der Waals surface area contributed by atoms with Gasteiger partial charge in [0, 0.05) is 45.4 Å². The second kappa shape index (κ2) is 10.0. The SMILES string of the molecule is COCC(O)CNC(=O)c1ccc(S(=O)(=O)N2CCNCC2)cc1.Cl. The van der Waals surface area contributed by atoms with Crippen LogP contribution in [0.1, 0.15) is 10.4 Å². The minimum Gasteiger partial charge on any atom is -0.389 e. The fraction of sp³-hybridized carbons (Fsp3) is 0.533. The Hall–Kier alpha value is -1.23. The number of carbonyl (C=O) groups is 1. The van der Waals surface area contributed by atoms with Gasteiger partial charge in [0.05, 0.1) is 17.6 Å². The summed E-state index contributed by atoms with van der Waals surface area (Å²) >= 11 is 0. The highest BCUT2D eigenvalue weighted by Gasteiger charge is 2.25. The highest BCUT2D eigenvalue weighted by molar-refractivity contribution is 7.89. The van der Waals surface area contributed by atoms with E-state index < -0.39 is 16.1 Å². The monoisotopic (exact) mass is 393 g/mol. The summed E-state index contributed by atoms with van der Waals surface area (Å²) in [5.41, 5.74) is 0.332. The van der Waals surface area contributed by atoms with Crippen molar-refractivity contribution < 1.29 is 23.1 Å². The summed E-state index contributed by atoms with van der Waals surface area (Å²) in [4.78, 5) is 12.2. The Morgan fingerprint density at radius 1 is 1.32 bits per heavy atom. The van der Waals surface area contributed by atoms with Gasteiger partial charge in [0.15, 0.2) is 0 Å². The van der Waals surface area contributed by atoms with Crippen LogP contribution >= 0.6 is 12.4 Å². The molecular formula is C15H24ClN3O5S. The van der Waals surface area contributed by atoms with Crippen molar-refractivity contribution in [2.45, 2.75) is 11.0 Å². The molecule has 2 rings (SSSR count). The number of methoxy groups -OCH3 is 1. The molecule has 1 aliphatic heterocycles. The Morgan fingerprint density at radius 2 is 1.92 bits per heavy atom. The Balaban J connectivity index is 0.00000312. The largest absolute Gasteiger partial charge is 0.389 e. The van der Waals surface area contributed by atoms with Crippen LogP contribution < -0.4 is 10.6 Å². The van der Waals surface area contributed by atoms with Gasteiger partial charge in [0.25, 0.3) is 5.91 Å². The third kappa shape index (κ3) is 5.91. The van der Waals surface area contributed by atoms with Gasteiger partial charge in [-0.15, -0.1) is 12.4 Å². The number of rotatable bonds is 7. The molecule has 0 aromatic heterocycles. The summed E-state index contributed by atoms with van der Waals surface area (Å²) in [7, 11) is -2.07. The van der Waals surface area contributed by atoms with Gasteiger partial charge >= 0.3 is 0 Å². The summed E-state index contributed by atoms with van der Waals surface area (Å²) < 4.78 is 31.2. The van der Waals surface area contributed by atoms with Crippen LogP contribution in [0.25, 0.3) is 0 Å². The fourth-order valence-electron chi connectivity index (χ4n) is 2.38. The number of carbonyl (C=O) groups excluding carboxylic acids is 1. The first-order valence-corrected chi connectivity index (χ1v) is 9.15. The van der Waals surface area contributed by atoms with Gasteiger partial charge in [-0.2, -0.15) is 4.31 Å². The highest BCUT2D eigenvalue weighted by atomic mass is 35.5. The molecule has 1 amide bonds. The molecule has 1 atom stereocenters. The Labute approximate surface area is 154 Å². The molecule has 0 spiro atoms. The molecule has 10 heteroatoms. The number of sulfonamides is 1. The van der Waals surface area contributed by atoms with Gasteiger partial charge < -0.3 is 20.5 Å². The first kappa shape index (κ1) is 21.8. The van der Waals surface area contributed by atoms with Crippen molar-refractivity contribution in [3.05, 3.63) is 29.8 Å². The van der Waals surface area contributed by atoms with E-state index in [0.29, 0.717) is 31.7 Å². The van der Waals surface area contributed by atoms with Crippen LogP contribution in [0.5, 0.6) is 0 Å². The second-order valence-corrected chi connectivity index (χ2v) is 7.44. The van der Waals surface area contributed by atoms with E-state index in [4.69, 9.17) is 4.74 Å². The average Bonchev–Trinajstić information content (AvgIpc) is 2.61. The Bertz CT molecular complexity index is 648. The molecule has 142 valence electrons. The number of hydrogen-bond donors (Lipinski definition) is 3. The number of aliphatic hydroxyl groups excluding tert-OH is 1. The molecular weight excluding hydrogens is 370 g/mol. The number of piperazine rings is 1. The predicted molar refractivity (Wildman–Crippen MR) is 95.5 cm³/mol. The minimum absolute atomic E-state index is 0. The molecule has 0 bridgehead atoms. The highest BCUT2D eigenvalue weighted by Crippen LogP contribution is 2.17. The second-order valence-electron chi connectivity index (χ2n) is 5.50. The van der Waals surface area contributed by atoms with Crippen LogP contribution in [0.2, 0.25) is 0 Å². The maximum atomic E-state index is 12.5. The Morgan fingerprint density at radius 3 is 2.48 bits per heavy atom. The van der Waals surface area contributed by atoms with Crippen LogP contribution in [-0.2, 0) is 14.8 Å². The smallest absolute Gasteiger partial charge is 0.251 e. The first-order chi connectivity index (χ1) is 11.4. The van der Waals surface area contributed by atoms with E-state index in [-0.39, 0.29) is 36.4 Å². The number of aliphatic hydroxyl groups is 1. The van der Waals surface area contributed by atoms with Crippen molar-refractivity contribution in [3.63, 3.8) is 0 Å². The lowest BCUT2D eigenvalue weighted by molar-refractivity contribution is 0.0610. The molecule has 0 aliphatic carbocycles. The van der Waals surface area contributed by atoms with E-state index in [2.05, 4.69) is 10.6 Å². The van der Waals surface area contributed by atoms with Gasteiger partial charge in [-0.1, -0.05) is 0 Å². The van der Waals surface area contributed by atoms with Gasteiger partial charge in [0.1, 0.15) is 0 Å². The first-order valence-electron chi connectivity index (χ1n) is 7.71. The summed E-state index contributed by atoms with van der Waals surface area (Å²) in [5.74, 6) is -0.378. The summed E-state index contributed by atoms with van der Waals surface area (Å²) in [6, 6.07) is 5.79. The number of amides is 1. The third-order valence-corrected chi connectivity index (χ3v) is 5.60. The van der Waals surface area contributed by atoms with Crippen LogP contribution in [0.3, 0.4) is 0 Å². The van der Waals surface area contributed by atoms with Crippen LogP contribution in [-0.4, -0.2) is 76.3 Å². The van der Waals surface area contributed by atoms with Gasteiger partial charge in [-0.05, 0) is 24.3 Å². The van der Waals surface area contributed by atoms with Crippen LogP contribution in [0.15, 0.2) is 29.2 Å². The standard InChI is InChI=1S/C15H23N3O5S.ClH/c1-23-11-13(19)10-17-15(20)12-2-4-14(5-3-12)24(21,22)18-8-6-16-7-9-18;/h2-5,13,16,19H,6-11H2,1H3,(H,17,20);1H. The lowest BCUT2D eigenvalue weighted by Crippen LogP contribution is -2.46. The van der Waals surface area contributed by atoms with Crippen molar-refractivity contribution in [1.29, 1.82) is 0 Å². The van der Waals surface area contributed by atoms with Crippen molar-refractivity contribution in [3.8, 4) is 0 Å². The molecule has 1 saturated heterocycles. The molecule has 1 unspecified atom stereocenters. The summed E-state index contributed by atoms with van der Waals surface area (Å²) in [5, 5.41) is 15.2. The molecule has 0 radical (unpaired) electrons. The van der Waals surface area contributed by atoms with E-state index in [1.165, 1.54) is 35.7 Å². The average molecular weight is 394 g/mol. The molecule has 1 fully saturated rings. The number of ether oxygens (including phenoxy) is 1. The number of hydrogen-bond acceptors (Lipinski definition) is 6. The fourth-order valence-corrected chi connectivity index (χ4v) is 3.82. The quantitative estimate of drug-likeness (QED) is 0.573. The summed E-state index contributed by atoms with van der Waals surface area (Å²) in [6.07, 6.45) is -0.786. The zero-order valence-electron chi connectivity index (χ0n) is 14.0. The normalized spacial score (nSPS) is 16.7. The van der Waals surface area contributed by atoms with E-state index in [0.717, 1.165) is 0 Å². The van der Waals surface area contributed by atoms with Crippen LogP contribution in [0.4, 0.5) is 0 Å². The zero-order valence-corrected chi connectivity index (χ0v) is 15.6. The number of halogens is 1. The van der Waals surface area contributed by atoms with E-state index in [1.54, 1.807) is 0 Å². The maximum absolute atomic E-state index is 12.5. The van der Waals surface area contributed by atoms with Crippen molar-refractivity contribution in [1.82, 2.24) is 14.9 Å². The molecule has 1 heterocycles.